The molecule has 6 nitrogen and oxygen atoms in total. The van der Waals surface area contributed by atoms with E-state index in [9.17, 15) is 9.59 Å². The molecule has 1 rings (SSSR count). The van der Waals surface area contributed by atoms with Crippen molar-refractivity contribution >= 4 is 12.0 Å². The standard InChI is InChI=1S/C11H20N2O4/c1-11(2,3)17-10(15)12-8-7-16-6-5-13(4)9(8)14/h8H,5-7H2,1-4H3,(H,12,15). The highest BCUT2D eigenvalue weighted by Gasteiger charge is 2.28. The van der Waals surface area contributed by atoms with E-state index < -0.39 is 17.7 Å². The summed E-state index contributed by atoms with van der Waals surface area (Å²) in [6, 6.07) is -0.669. The summed E-state index contributed by atoms with van der Waals surface area (Å²) in [5.41, 5.74) is -0.579. The summed E-state index contributed by atoms with van der Waals surface area (Å²) in [7, 11) is 1.68. The van der Waals surface area contributed by atoms with E-state index in [1.54, 1.807) is 27.8 Å². The van der Waals surface area contributed by atoms with E-state index in [0.717, 1.165) is 0 Å². The van der Waals surface area contributed by atoms with Crippen molar-refractivity contribution < 1.29 is 19.1 Å². The van der Waals surface area contributed by atoms with Crippen LogP contribution in [0.5, 0.6) is 0 Å². The summed E-state index contributed by atoms with van der Waals surface area (Å²) in [6.07, 6.45) is -0.602. The minimum Gasteiger partial charge on any atom is -0.444 e. The number of carbonyl (C=O) groups is 2. The fourth-order valence-corrected chi connectivity index (χ4v) is 1.40. The largest absolute Gasteiger partial charge is 0.444 e. The zero-order valence-electron chi connectivity index (χ0n) is 10.8. The molecule has 1 saturated heterocycles. The Labute approximate surface area is 101 Å². The molecule has 0 radical (unpaired) electrons. The molecule has 0 saturated carbocycles. The molecule has 2 amide bonds. The summed E-state index contributed by atoms with van der Waals surface area (Å²) >= 11 is 0. The molecule has 0 aromatic carbocycles. The zero-order valence-corrected chi connectivity index (χ0v) is 10.8. The van der Waals surface area contributed by atoms with Gasteiger partial charge in [0, 0.05) is 13.6 Å². The SMILES string of the molecule is CN1CCOCC(NC(=O)OC(C)(C)C)C1=O. The number of hydrogen-bond acceptors (Lipinski definition) is 4. The maximum absolute atomic E-state index is 11.8. The van der Waals surface area contributed by atoms with Crippen molar-refractivity contribution in [3.63, 3.8) is 0 Å². The second-order valence-electron chi connectivity index (χ2n) is 5.03. The minimum atomic E-state index is -0.669. The van der Waals surface area contributed by atoms with Crippen molar-refractivity contribution in [1.82, 2.24) is 10.2 Å². The molecule has 1 fully saturated rings. The summed E-state index contributed by atoms with van der Waals surface area (Å²) in [6.45, 7) is 6.50. The van der Waals surface area contributed by atoms with Gasteiger partial charge in [-0.25, -0.2) is 4.79 Å². The Morgan fingerprint density at radius 3 is 2.76 bits per heavy atom. The normalized spacial score (nSPS) is 22.0. The van der Waals surface area contributed by atoms with Crippen molar-refractivity contribution in [3.8, 4) is 0 Å². The molecule has 1 heterocycles. The van der Waals surface area contributed by atoms with Crippen LogP contribution in [0.25, 0.3) is 0 Å². The number of nitrogens with zero attached hydrogens (tertiary/aromatic N) is 1. The van der Waals surface area contributed by atoms with Gasteiger partial charge in [0.25, 0.3) is 0 Å². The Balaban J connectivity index is 2.54. The molecule has 6 heteroatoms. The third-order valence-corrected chi connectivity index (χ3v) is 2.22. The Bertz CT molecular complexity index is 298. The van der Waals surface area contributed by atoms with Crippen LogP contribution >= 0.6 is 0 Å². The topological polar surface area (TPSA) is 67.9 Å². The lowest BCUT2D eigenvalue weighted by molar-refractivity contribution is -0.131. The molecule has 1 unspecified atom stereocenters. The van der Waals surface area contributed by atoms with Crippen LogP contribution in [-0.2, 0) is 14.3 Å². The summed E-state index contributed by atoms with van der Waals surface area (Å²) in [4.78, 5) is 24.9. The minimum absolute atomic E-state index is 0.159. The third-order valence-electron chi connectivity index (χ3n) is 2.22. The van der Waals surface area contributed by atoms with Crippen molar-refractivity contribution in [2.45, 2.75) is 32.4 Å². The van der Waals surface area contributed by atoms with Crippen LogP contribution in [-0.4, -0.2) is 55.3 Å². The predicted octanol–water partition coefficient (Wildman–Crippen LogP) is 0.368. The molecule has 0 aromatic rings. The Morgan fingerprint density at radius 2 is 2.18 bits per heavy atom. The first-order chi connectivity index (χ1) is 7.79. The smallest absolute Gasteiger partial charge is 0.408 e. The van der Waals surface area contributed by atoms with Crippen LogP contribution in [0.15, 0.2) is 0 Å². The van der Waals surface area contributed by atoms with Crippen LogP contribution in [0.4, 0.5) is 4.79 Å². The molecule has 98 valence electrons. The summed E-state index contributed by atoms with van der Waals surface area (Å²) < 4.78 is 10.3. The van der Waals surface area contributed by atoms with Gasteiger partial charge < -0.3 is 19.7 Å². The van der Waals surface area contributed by atoms with Crippen LogP contribution in [0, 0.1) is 0 Å². The van der Waals surface area contributed by atoms with Gasteiger partial charge in [-0.1, -0.05) is 0 Å². The lowest BCUT2D eigenvalue weighted by Gasteiger charge is -2.23. The van der Waals surface area contributed by atoms with Gasteiger partial charge in [-0.05, 0) is 20.8 Å². The maximum Gasteiger partial charge on any atom is 0.408 e. The molecule has 1 atom stereocenters. The number of rotatable bonds is 1. The molecule has 1 N–H and O–H groups in total. The van der Waals surface area contributed by atoms with Gasteiger partial charge in [0.05, 0.1) is 13.2 Å². The lowest BCUT2D eigenvalue weighted by Crippen LogP contribution is -2.49. The van der Waals surface area contributed by atoms with Gasteiger partial charge >= 0.3 is 6.09 Å². The molecular weight excluding hydrogens is 224 g/mol. The molecule has 0 spiro atoms. The second kappa shape index (κ2) is 5.35. The quantitative estimate of drug-likeness (QED) is 0.723. The van der Waals surface area contributed by atoms with E-state index >= 15 is 0 Å². The molecule has 0 bridgehead atoms. The second-order valence-corrected chi connectivity index (χ2v) is 5.03. The van der Waals surface area contributed by atoms with Crippen LogP contribution in [0.2, 0.25) is 0 Å². The van der Waals surface area contributed by atoms with E-state index in [-0.39, 0.29) is 12.5 Å². The van der Waals surface area contributed by atoms with E-state index in [2.05, 4.69) is 5.32 Å². The highest BCUT2D eigenvalue weighted by molar-refractivity contribution is 5.85. The molecule has 1 aliphatic heterocycles. The first-order valence-electron chi connectivity index (χ1n) is 5.62. The number of carbonyl (C=O) groups excluding carboxylic acids is 2. The van der Waals surface area contributed by atoms with Crippen molar-refractivity contribution in [1.29, 1.82) is 0 Å². The monoisotopic (exact) mass is 244 g/mol. The number of alkyl carbamates (subject to hydrolysis) is 1. The highest BCUT2D eigenvalue weighted by atomic mass is 16.6. The number of nitrogens with one attached hydrogen (secondary N) is 1. The third kappa shape index (κ3) is 4.60. The van der Waals surface area contributed by atoms with Gasteiger partial charge in [0.15, 0.2) is 0 Å². The van der Waals surface area contributed by atoms with E-state index in [1.807, 2.05) is 0 Å². The first-order valence-corrected chi connectivity index (χ1v) is 5.62. The highest BCUT2D eigenvalue weighted by Crippen LogP contribution is 2.07. The number of amides is 2. The van der Waals surface area contributed by atoms with Gasteiger partial charge in [0.2, 0.25) is 5.91 Å². The van der Waals surface area contributed by atoms with Crippen LogP contribution < -0.4 is 5.32 Å². The Morgan fingerprint density at radius 1 is 1.53 bits per heavy atom. The van der Waals surface area contributed by atoms with Gasteiger partial charge in [-0.15, -0.1) is 0 Å². The fraction of sp³-hybridized carbons (Fsp3) is 0.818. The maximum atomic E-state index is 11.8. The Hall–Kier alpha value is -1.30. The zero-order chi connectivity index (χ0) is 13.1. The number of ether oxygens (including phenoxy) is 2. The molecule has 0 aliphatic carbocycles. The first kappa shape index (κ1) is 13.8. The van der Waals surface area contributed by atoms with Crippen molar-refractivity contribution in [3.05, 3.63) is 0 Å². The average molecular weight is 244 g/mol. The van der Waals surface area contributed by atoms with Gasteiger partial charge in [-0.2, -0.15) is 0 Å². The number of likely N-dealkylation sites (N-methyl/N-ethyl adjacent to an activating group) is 1. The van der Waals surface area contributed by atoms with Crippen molar-refractivity contribution in [2.24, 2.45) is 0 Å². The number of hydrogen-bond donors (Lipinski definition) is 1. The average Bonchev–Trinajstić information content (AvgIpc) is 2.30. The fourth-order valence-electron chi connectivity index (χ4n) is 1.40. The van der Waals surface area contributed by atoms with Gasteiger partial charge in [-0.3, -0.25) is 4.79 Å². The van der Waals surface area contributed by atoms with E-state index in [1.165, 1.54) is 4.90 Å². The Kier molecular flexibility index (Phi) is 4.34. The summed E-state index contributed by atoms with van der Waals surface area (Å²) in [5, 5.41) is 2.52. The summed E-state index contributed by atoms with van der Waals surface area (Å²) in [5.74, 6) is -0.159. The molecule has 1 aliphatic rings. The molecule has 0 aromatic heterocycles. The van der Waals surface area contributed by atoms with Gasteiger partial charge in [0.1, 0.15) is 11.6 Å². The van der Waals surface area contributed by atoms with Crippen LogP contribution in [0.1, 0.15) is 20.8 Å². The van der Waals surface area contributed by atoms with E-state index in [0.29, 0.717) is 13.2 Å². The van der Waals surface area contributed by atoms with Crippen molar-refractivity contribution in [2.75, 3.05) is 26.8 Å². The predicted molar refractivity (Wildman–Crippen MR) is 61.6 cm³/mol. The van der Waals surface area contributed by atoms with E-state index in [4.69, 9.17) is 9.47 Å². The molecule has 17 heavy (non-hydrogen) atoms. The van der Waals surface area contributed by atoms with Crippen LogP contribution in [0.3, 0.4) is 0 Å². The molecular formula is C11H20N2O4. The lowest BCUT2D eigenvalue weighted by atomic mass is 10.2.